The molecule has 0 radical (unpaired) electrons. The molecular formula is C18H35NO6. The second kappa shape index (κ2) is 9.60. The van der Waals surface area contributed by atoms with E-state index in [4.69, 9.17) is 5.11 Å². The maximum Gasteiger partial charge on any atom is 0.107 e. The molecule has 7 heteroatoms. The monoisotopic (exact) mass is 361 g/mol. The Morgan fingerprint density at radius 3 is 2.20 bits per heavy atom. The van der Waals surface area contributed by atoms with E-state index in [-0.39, 0.29) is 12.6 Å². The number of fused-ring (bicyclic) bond motifs is 1. The van der Waals surface area contributed by atoms with Crippen LogP contribution in [0.5, 0.6) is 0 Å². The third kappa shape index (κ3) is 5.60. The summed E-state index contributed by atoms with van der Waals surface area (Å²) in [5.41, 5.74) is -1.24. The highest BCUT2D eigenvalue weighted by atomic mass is 16.3. The SMILES string of the molecule is OCC(O)CCCCCCC(O)CCC1(O)C(O)CN2CC(O)CC21. The molecule has 0 bridgehead atoms. The smallest absolute Gasteiger partial charge is 0.107 e. The van der Waals surface area contributed by atoms with Gasteiger partial charge in [0, 0.05) is 19.1 Å². The molecule has 0 saturated carbocycles. The third-order valence-corrected chi connectivity index (χ3v) is 5.86. The Kier molecular flexibility index (Phi) is 8.07. The van der Waals surface area contributed by atoms with Gasteiger partial charge in [0.05, 0.1) is 31.0 Å². The molecule has 2 rings (SSSR count). The van der Waals surface area contributed by atoms with Crippen molar-refractivity contribution in [2.45, 2.75) is 93.8 Å². The van der Waals surface area contributed by atoms with E-state index in [2.05, 4.69) is 0 Å². The number of unbranched alkanes of at least 4 members (excludes halogenated alkanes) is 3. The lowest BCUT2D eigenvalue weighted by atomic mass is 9.84. The molecule has 7 nitrogen and oxygen atoms in total. The fraction of sp³-hybridized carbons (Fsp3) is 1.00. The molecule has 0 spiro atoms. The average Bonchev–Trinajstić information content (AvgIpc) is 3.05. The van der Waals surface area contributed by atoms with Crippen LogP contribution >= 0.6 is 0 Å². The lowest BCUT2D eigenvalue weighted by molar-refractivity contribution is -0.0772. The second-order valence-electron chi connectivity index (χ2n) is 7.89. The van der Waals surface area contributed by atoms with Crippen LogP contribution in [0.15, 0.2) is 0 Å². The predicted octanol–water partition coefficient (Wildman–Crippen LogP) is -0.638. The molecule has 0 aromatic rings. The van der Waals surface area contributed by atoms with Gasteiger partial charge in [-0.2, -0.15) is 0 Å². The van der Waals surface area contributed by atoms with Crippen molar-refractivity contribution in [2.75, 3.05) is 19.7 Å². The van der Waals surface area contributed by atoms with Gasteiger partial charge in [-0.05, 0) is 32.1 Å². The van der Waals surface area contributed by atoms with E-state index in [1.165, 1.54) is 0 Å². The highest BCUT2D eigenvalue weighted by Gasteiger charge is 2.55. The molecular weight excluding hydrogens is 326 g/mol. The van der Waals surface area contributed by atoms with E-state index < -0.39 is 30.0 Å². The van der Waals surface area contributed by atoms with E-state index >= 15 is 0 Å². The topological polar surface area (TPSA) is 125 Å². The van der Waals surface area contributed by atoms with Gasteiger partial charge in [-0.1, -0.05) is 25.7 Å². The Bertz CT molecular complexity index is 398. The summed E-state index contributed by atoms with van der Waals surface area (Å²) in [4.78, 5) is 1.95. The van der Waals surface area contributed by atoms with E-state index in [0.29, 0.717) is 45.2 Å². The van der Waals surface area contributed by atoms with E-state index in [1.54, 1.807) is 0 Å². The van der Waals surface area contributed by atoms with Gasteiger partial charge < -0.3 is 30.6 Å². The zero-order valence-electron chi connectivity index (χ0n) is 15.0. The van der Waals surface area contributed by atoms with Gasteiger partial charge in [-0.3, -0.25) is 4.90 Å². The van der Waals surface area contributed by atoms with Crippen molar-refractivity contribution in [3.63, 3.8) is 0 Å². The lowest BCUT2D eigenvalue weighted by Gasteiger charge is -2.32. The van der Waals surface area contributed by atoms with Gasteiger partial charge >= 0.3 is 0 Å². The summed E-state index contributed by atoms with van der Waals surface area (Å²) in [5.74, 6) is 0. The number of nitrogens with zero attached hydrogens (tertiary/aromatic N) is 1. The molecule has 0 amide bonds. The molecule has 2 aliphatic rings. The standard InChI is InChI=1S/C18H35NO6/c20-12-14(22)6-4-2-1-3-5-13(21)7-8-18(25)16-9-15(23)10-19(16)11-17(18)24/h13-17,20-25H,1-12H2. The van der Waals surface area contributed by atoms with Gasteiger partial charge in [0.1, 0.15) is 5.60 Å². The van der Waals surface area contributed by atoms with Gasteiger partial charge in [0.15, 0.2) is 0 Å². The van der Waals surface area contributed by atoms with E-state index in [9.17, 15) is 25.5 Å². The first kappa shape index (κ1) is 21.0. The van der Waals surface area contributed by atoms with E-state index in [0.717, 1.165) is 25.7 Å². The maximum absolute atomic E-state index is 10.9. The minimum absolute atomic E-state index is 0.192. The van der Waals surface area contributed by atoms with Crippen molar-refractivity contribution in [1.82, 2.24) is 4.90 Å². The molecule has 6 N–H and O–H groups in total. The van der Waals surface area contributed by atoms with Gasteiger partial charge in [0.2, 0.25) is 0 Å². The summed E-state index contributed by atoms with van der Waals surface area (Å²) in [6, 6.07) is -0.220. The van der Waals surface area contributed by atoms with Crippen LogP contribution in [0.2, 0.25) is 0 Å². The van der Waals surface area contributed by atoms with Gasteiger partial charge in [0.25, 0.3) is 0 Å². The summed E-state index contributed by atoms with van der Waals surface area (Å²) < 4.78 is 0. The zero-order chi connectivity index (χ0) is 18.4. The largest absolute Gasteiger partial charge is 0.394 e. The Morgan fingerprint density at radius 2 is 1.56 bits per heavy atom. The lowest BCUT2D eigenvalue weighted by Crippen LogP contribution is -2.48. The van der Waals surface area contributed by atoms with Crippen LogP contribution in [0.1, 0.15) is 57.8 Å². The van der Waals surface area contributed by atoms with E-state index in [1.807, 2.05) is 4.90 Å². The molecule has 6 atom stereocenters. The number of hydrogen-bond donors (Lipinski definition) is 6. The fourth-order valence-electron chi connectivity index (χ4n) is 4.28. The minimum Gasteiger partial charge on any atom is -0.394 e. The number of aliphatic hydroxyl groups is 6. The summed E-state index contributed by atoms with van der Waals surface area (Å²) >= 11 is 0. The van der Waals surface area contributed by atoms with Crippen LogP contribution < -0.4 is 0 Å². The first-order chi connectivity index (χ1) is 11.9. The first-order valence-corrected chi connectivity index (χ1v) is 9.66. The zero-order valence-corrected chi connectivity index (χ0v) is 15.0. The number of aliphatic hydroxyl groups excluding tert-OH is 5. The Morgan fingerprint density at radius 1 is 0.920 bits per heavy atom. The predicted molar refractivity (Wildman–Crippen MR) is 93.0 cm³/mol. The highest BCUT2D eigenvalue weighted by molar-refractivity contribution is 5.09. The van der Waals surface area contributed by atoms with Crippen molar-refractivity contribution >= 4 is 0 Å². The minimum atomic E-state index is -1.24. The Hall–Kier alpha value is -0.280. The molecule has 2 heterocycles. The fourth-order valence-corrected chi connectivity index (χ4v) is 4.28. The van der Waals surface area contributed by atoms with Gasteiger partial charge in [-0.25, -0.2) is 0 Å². The molecule has 148 valence electrons. The molecule has 2 fully saturated rings. The Balaban J connectivity index is 1.62. The van der Waals surface area contributed by atoms with Gasteiger partial charge in [-0.15, -0.1) is 0 Å². The highest BCUT2D eigenvalue weighted by Crippen LogP contribution is 2.39. The summed E-state index contributed by atoms with van der Waals surface area (Å²) in [7, 11) is 0. The number of hydrogen-bond acceptors (Lipinski definition) is 7. The molecule has 0 aromatic heterocycles. The van der Waals surface area contributed by atoms with Crippen molar-refractivity contribution in [3.8, 4) is 0 Å². The maximum atomic E-state index is 10.9. The molecule has 6 unspecified atom stereocenters. The van der Waals surface area contributed by atoms with Crippen molar-refractivity contribution in [1.29, 1.82) is 0 Å². The summed E-state index contributed by atoms with van der Waals surface area (Å²) in [5, 5.41) is 58.9. The van der Waals surface area contributed by atoms with Crippen LogP contribution in [0, 0.1) is 0 Å². The summed E-state index contributed by atoms with van der Waals surface area (Å²) in [6.07, 6.45) is 3.79. The molecule has 25 heavy (non-hydrogen) atoms. The van der Waals surface area contributed by atoms with Crippen molar-refractivity contribution < 1.29 is 30.6 Å². The first-order valence-electron chi connectivity index (χ1n) is 9.66. The average molecular weight is 361 g/mol. The third-order valence-electron chi connectivity index (χ3n) is 5.86. The van der Waals surface area contributed by atoms with Crippen LogP contribution in [0.25, 0.3) is 0 Å². The normalized spacial score (nSPS) is 35.0. The van der Waals surface area contributed by atoms with Crippen LogP contribution in [0.4, 0.5) is 0 Å². The van der Waals surface area contributed by atoms with Crippen LogP contribution in [-0.4, -0.2) is 91.3 Å². The number of rotatable bonds is 11. The molecule has 2 saturated heterocycles. The van der Waals surface area contributed by atoms with Crippen LogP contribution in [0.3, 0.4) is 0 Å². The summed E-state index contributed by atoms with van der Waals surface area (Å²) in [6.45, 7) is 0.689. The molecule has 0 aromatic carbocycles. The Labute approximate surface area is 149 Å². The quantitative estimate of drug-likeness (QED) is 0.271. The molecule has 2 aliphatic heterocycles. The second-order valence-corrected chi connectivity index (χ2v) is 7.89. The van der Waals surface area contributed by atoms with Crippen molar-refractivity contribution in [3.05, 3.63) is 0 Å². The van der Waals surface area contributed by atoms with Crippen molar-refractivity contribution in [2.24, 2.45) is 0 Å². The van der Waals surface area contributed by atoms with Crippen LogP contribution in [-0.2, 0) is 0 Å². The molecule has 0 aliphatic carbocycles.